The van der Waals surface area contributed by atoms with E-state index in [4.69, 9.17) is 14.6 Å². The summed E-state index contributed by atoms with van der Waals surface area (Å²) in [7, 11) is 0. The van der Waals surface area contributed by atoms with E-state index in [1.165, 1.54) is 0 Å². The van der Waals surface area contributed by atoms with Gasteiger partial charge in [0.15, 0.2) is 0 Å². The van der Waals surface area contributed by atoms with E-state index >= 15 is 0 Å². The molecule has 0 aromatic rings. The zero-order valence-corrected chi connectivity index (χ0v) is 7.66. The van der Waals surface area contributed by atoms with Crippen LogP contribution in [0.3, 0.4) is 0 Å². The second-order valence-corrected chi connectivity index (χ2v) is 3.13. The van der Waals surface area contributed by atoms with Crippen molar-refractivity contribution >= 4 is 5.97 Å². The molecule has 1 saturated heterocycles. The Morgan fingerprint density at radius 3 is 3.08 bits per heavy atom. The van der Waals surface area contributed by atoms with Gasteiger partial charge in [0, 0.05) is 12.7 Å². The van der Waals surface area contributed by atoms with Crippen molar-refractivity contribution < 1.29 is 19.4 Å². The number of carbonyl (C=O) groups is 1. The minimum Gasteiger partial charge on any atom is -0.478 e. The lowest BCUT2D eigenvalue weighted by atomic mass is 10.3. The van der Waals surface area contributed by atoms with Crippen molar-refractivity contribution in [2.24, 2.45) is 0 Å². The van der Waals surface area contributed by atoms with E-state index in [-0.39, 0.29) is 6.10 Å². The first-order chi connectivity index (χ1) is 6.18. The monoisotopic (exact) mass is 186 g/mol. The van der Waals surface area contributed by atoms with Crippen molar-refractivity contribution in [2.45, 2.75) is 19.4 Å². The standard InChI is InChI=1S/C9H14O4/c1-7(4-9(10)11)5-13-8-2-3-12-6-8/h4,8H,2-3,5-6H2,1H3,(H,10,11). The molecule has 1 atom stereocenters. The van der Waals surface area contributed by atoms with Gasteiger partial charge in [-0.2, -0.15) is 0 Å². The Kier molecular flexibility index (Phi) is 3.92. The maximum atomic E-state index is 10.2. The Morgan fingerprint density at radius 1 is 1.77 bits per heavy atom. The minimum absolute atomic E-state index is 0.136. The Bertz CT molecular complexity index is 204. The van der Waals surface area contributed by atoms with Crippen molar-refractivity contribution in [2.75, 3.05) is 19.8 Å². The summed E-state index contributed by atoms with van der Waals surface area (Å²) in [5, 5.41) is 8.42. The van der Waals surface area contributed by atoms with Crippen LogP contribution in [0, 0.1) is 0 Å². The predicted molar refractivity (Wildman–Crippen MR) is 46.6 cm³/mol. The van der Waals surface area contributed by atoms with Gasteiger partial charge in [0.2, 0.25) is 0 Å². The quantitative estimate of drug-likeness (QED) is 0.660. The number of ether oxygens (including phenoxy) is 2. The molecule has 0 aliphatic carbocycles. The molecule has 4 heteroatoms. The molecule has 0 aromatic carbocycles. The van der Waals surface area contributed by atoms with Gasteiger partial charge in [0.05, 0.1) is 19.3 Å². The average Bonchev–Trinajstić information content (AvgIpc) is 2.51. The number of carboxylic acid groups (broad SMARTS) is 1. The summed E-state index contributed by atoms with van der Waals surface area (Å²) >= 11 is 0. The van der Waals surface area contributed by atoms with Crippen LogP contribution >= 0.6 is 0 Å². The first kappa shape index (κ1) is 10.2. The molecule has 1 unspecified atom stereocenters. The average molecular weight is 186 g/mol. The third-order valence-electron chi connectivity index (χ3n) is 1.80. The third-order valence-corrected chi connectivity index (χ3v) is 1.80. The number of rotatable bonds is 4. The van der Waals surface area contributed by atoms with E-state index in [1.807, 2.05) is 0 Å². The molecule has 1 aliphatic heterocycles. The molecule has 4 nitrogen and oxygen atoms in total. The molecule has 0 bridgehead atoms. The van der Waals surface area contributed by atoms with Crippen molar-refractivity contribution in [1.82, 2.24) is 0 Å². The van der Waals surface area contributed by atoms with Gasteiger partial charge in [-0.1, -0.05) is 0 Å². The largest absolute Gasteiger partial charge is 0.478 e. The second kappa shape index (κ2) is 4.99. The van der Waals surface area contributed by atoms with Gasteiger partial charge in [-0.25, -0.2) is 4.79 Å². The number of carboxylic acids is 1. The number of aliphatic carboxylic acids is 1. The highest BCUT2D eigenvalue weighted by atomic mass is 16.5. The van der Waals surface area contributed by atoms with Gasteiger partial charge in [-0.3, -0.25) is 0 Å². The van der Waals surface area contributed by atoms with Gasteiger partial charge in [0.1, 0.15) is 0 Å². The van der Waals surface area contributed by atoms with Crippen molar-refractivity contribution in [3.8, 4) is 0 Å². The first-order valence-corrected chi connectivity index (χ1v) is 4.28. The fourth-order valence-corrected chi connectivity index (χ4v) is 1.15. The molecule has 13 heavy (non-hydrogen) atoms. The van der Waals surface area contributed by atoms with E-state index in [9.17, 15) is 4.79 Å². The highest BCUT2D eigenvalue weighted by molar-refractivity contribution is 5.80. The summed E-state index contributed by atoms with van der Waals surface area (Å²) in [4.78, 5) is 10.2. The fourth-order valence-electron chi connectivity index (χ4n) is 1.15. The molecular formula is C9H14O4. The van der Waals surface area contributed by atoms with Crippen LogP contribution in [-0.2, 0) is 14.3 Å². The summed E-state index contributed by atoms with van der Waals surface area (Å²) in [6, 6.07) is 0. The van der Waals surface area contributed by atoms with E-state index in [2.05, 4.69) is 0 Å². The summed E-state index contributed by atoms with van der Waals surface area (Å²) in [5.74, 6) is -0.927. The Hall–Kier alpha value is -0.870. The number of hydrogen-bond donors (Lipinski definition) is 1. The molecule has 0 radical (unpaired) electrons. The van der Waals surface area contributed by atoms with Crippen LogP contribution in [0.2, 0.25) is 0 Å². The van der Waals surface area contributed by atoms with Gasteiger partial charge in [-0.15, -0.1) is 0 Å². The van der Waals surface area contributed by atoms with Crippen LogP contribution in [0.25, 0.3) is 0 Å². The van der Waals surface area contributed by atoms with Crippen LogP contribution in [0.15, 0.2) is 11.6 Å². The second-order valence-electron chi connectivity index (χ2n) is 3.13. The van der Waals surface area contributed by atoms with Crippen molar-refractivity contribution in [3.63, 3.8) is 0 Å². The smallest absolute Gasteiger partial charge is 0.328 e. The van der Waals surface area contributed by atoms with Crippen LogP contribution in [0.5, 0.6) is 0 Å². The Labute approximate surface area is 77.1 Å². The predicted octanol–water partition coefficient (Wildman–Crippen LogP) is 0.823. The molecule has 1 heterocycles. The Balaban J connectivity index is 2.21. The highest BCUT2D eigenvalue weighted by Gasteiger charge is 2.15. The topological polar surface area (TPSA) is 55.8 Å². The van der Waals surface area contributed by atoms with Crippen LogP contribution < -0.4 is 0 Å². The van der Waals surface area contributed by atoms with Crippen molar-refractivity contribution in [1.29, 1.82) is 0 Å². The normalized spacial score (nSPS) is 23.5. The van der Waals surface area contributed by atoms with E-state index in [0.717, 1.165) is 24.7 Å². The molecule has 1 fully saturated rings. The van der Waals surface area contributed by atoms with E-state index < -0.39 is 5.97 Å². The lowest BCUT2D eigenvalue weighted by molar-refractivity contribution is -0.131. The summed E-state index contributed by atoms with van der Waals surface area (Å²) in [5.41, 5.74) is 0.722. The van der Waals surface area contributed by atoms with Gasteiger partial charge in [-0.05, 0) is 18.9 Å². The molecule has 0 spiro atoms. The highest BCUT2D eigenvalue weighted by Crippen LogP contribution is 2.09. The minimum atomic E-state index is -0.927. The number of hydrogen-bond acceptors (Lipinski definition) is 3. The van der Waals surface area contributed by atoms with Crippen LogP contribution in [0.1, 0.15) is 13.3 Å². The van der Waals surface area contributed by atoms with E-state index in [0.29, 0.717) is 13.2 Å². The van der Waals surface area contributed by atoms with Crippen LogP contribution in [-0.4, -0.2) is 37.0 Å². The molecule has 1 aliphatic rings. The van der Waals surface area contributed by atoms with Gasteiger partial charge >= 0.3 is 5.97 Å². The fraction of sp³-hybridized carbons (Fsp3) is 0.667. The lowest BCUT2D eigenvalue weighted by Crippen LogP contribution is -2.13. The summed E-state index contributed by atoms with van der Waals surface area (Å²) < 4.78 is 10.5. The maximum Gasteiger partial charge on any atom is 0.328 e. The summed E-state index contributed by atoms with van der Waals surface area (Å²) in [6.45, 7) is 3.48. The zero-order chi connectivity index (χ0) is 9.68. The molecule has 1 N–H and O–H groups in total. The molecule has 0 saturated carbocycles. The summed E-state index contributed by atoms with van der Waals surface area (Å²) in [6.07, 6.45) is 2.20. The molecule has 1 rings (SSSR count). The lowest BCUT2D eigenvalue weighted by Gasteiger charge is -2.08. The molecule has 0 aromatic heterocycles. The Morgan fingerprint density at radius 2 is 2.54 bits per heavy atom. The van der Waals surface area contributed by atoms with Gasteiger partial charge in [0.25, 0.3) is 0 Å². The molecule has 0 amide bonds. The van der Waals surface area contributed by atoms with Crippen LogP contribution in [0.4, 0.5) is 0 Å². The van der Waals surface area contributed by atoms with E-state index in [1.54, 1.807) is 6.92 Å². The molecular weight excluding hydrogens is 172 g/mol. The van der Waals surface area contributed by atoms with Gasteiger partial charge < -0.3 is 14.6 Å². The zero-order valence-electron chi connectivity index (χ0n) is 7.66. The first-order valence-electron chi connectivity index (χ1n) is 4.28. The van der Waals surface area contributed by atoms with Crippen molar-refractivity contribution in [3.05, 3.63) is 11.6 Å². The maximum absolute atomic E-state index is 10.2. The SMILES string of the molecule is CC(=CC(=O)O)COC1CCOC1. The third kappa shape index (κ3) is 4.05. The molecule has 74 valence electrons.